The lowest BCUT2D eigenvalue weighted by Crippen LogP contribution is -2.44. The first-order valence-corrected chi connectivity index (χ1v) is 10.4. The van der Waals surface area contributed by atoms with Gasteiger partial charge in [0.15, 0.2) is 5.69 Å². The third-order valence-electron chi connectivity index (χ3n) is 5.42. The Morgan fingerprint density at radius 2 is 1.72 bits per heavy atom. The highest BCUT2D eigenvalue weighted by Gasteiger charge is 2.26. The predicted molar refractivity (Wildman–Crippen MR) is 114 cm³/mol. The lowest BCUT2D eigenvalue weighted by atomic mass is 9.98. The van der Waals surface area contributed by atoms with Gasteiger partial charge in [0.25, 0.3) is 5.91 Å². The zero-order valence-electron chi connectivity index (χ0n) is 17.1. The predicted octanol–water partition coefficient (Wildman–Crippen LogP) is 3.57. The van der Waals surface area contributed by atoms with E-state index in [0.717, 1.165) is 44.5 Å². The Bertz CT molecular complexity index is 798. The van der Waals surface area contributed by atoms with Crippen LogP contribution in [0.2, 0.25) is 0 Å². The van der Waals surface area contributed by atoms with Crippen molar-refractivity contribution >= 4 is 23.3 Å². The lowest BCUT2D eigenvalue weighted by molar-refractivity contribution is -0.136. The molecular weight excluding hydrogens is 366 g/mol. The second-order valence-corrected chi connectivity index (χ2v) is 7.38. The summed E-state index contributed by atoms with van der Waals surface area (Å²) in [7, 11) is 0. The van der Waals surface area contributed by atoms with E-state index in [4.69, 9.17) is 0 Å². The molecule has 29 heavy (non-hydrogen) atoms. The van der Waals surface area contributed by atoms with Gasteiger partial charge in [-0.2, -0.15) is 0 Å². The van der Waals surface area contributed by atoms with Gasteiger partial charge in [0.2, 0.25) is 5.91 Å². The summed E-state index contributed by atoms with van der Waals surface area (Å²) in [5.74, 6) is 0.775. The van der Waals surface area contributed by atoms with Crippen LogP contribution in [0.25, 0.3) is 0 Å². The third-order valence-corrected chi connectivity index (χ3v) is 5.42. The molecule has 2 N–H and O–H groups in total. The largest absolute Gasteiger partial charge is 0.366 e. The van der Waals surface area contributed by atoms with Gasteiger partial charge in [-0.15, -0.1) is 10.2 Å². The van der Waals surface area contributed by atoms with Crippen molar-refractivity contribution in [1.29, 1.82) is 0 Å². The van der Waals surface area contributed by atoms with Gasteiger partial charge in [0.05, 0.1) is 0 Å². The van der Waals surface area contributed by atoms with Crippen LogP contribution in [0.4, 0.5) is 11.5 Å². The molecule has 0 unspecified atom stereocenters. The molecule has 7 heteroatoms. The van der Waals surface area contributed by atoms with Crippen LogP contribution in [0.15, 0.2) is 42.5 Å². The number of aromatic nitrogens is 2. The molecule has 1 aromatic heterocycles. The maximum Gasteiger partial charge on any atom is 0.276 e. The van der Waals surface area contributed by atoms with Crippen LogP contribution >= 0.6 is 0 Å². The molecule has 1 saturated heterocycles. The van der Waals surface area contributed by atoms with E-state index in [1.165, 1.54) is 0 Å². The summed E-state index contributed by atoms with van der Waals surface area (Å²) < 4.78 is 0. The Balaban J connectivity index is 1.49. The first-order chi connectivity index (χ1) is 14.1. The van der Waals surface area contributed by atoms with Gasteiger partial charge < -0.3 is 15.5 Å². The molecule has 0 bridgehead atoms. The van der Waals surface area contributed by atoms with Crippen molar-refractivity contribution in [3.63, 3.8) is 0 Å². The van der Waals surface area contributed by atoms with Crippen molar-refractivity contribution < 1.29 is 9.59 Å². The summed E-state index contributed by atoms with van der Waals surface area (Å²) in [6.45, 7) is 5.67. The van der Waals surface area contributed by atoms with E-state index >= 15 is 0 Å². The fourth-order valence-corrected chi connectivity index (χ4v) is 3.60. The van der Waals surface area contributed by atoms with Gasteiger partial charge in [-0.25, -0.2) is 0 Å². The van der Waals surface area contributed by atoms with E-state index in [9.17, 15) is 9.59 Å². The first-order valence-electron chi connectivity index (χ1n) is 10.4. The van der Waals surface area contributed by atoms with Gasteiger partial charge in [-0.1, -0.05) is 32.0 Å². The van der Waals surface area contributed by atoms with Gasteiger partial charge in [0, 0.05) is 30.7 Å². The van der Waals surface area contributed by atoms with Crippen LogP contribution in [0.1, 0.15) is 50.0 Å². The van der Waals surface area contributed by atoms with E-state index in [0.29, 0.717) is 5.82 Å². The minimum Gasteiger partial charge on any atom is -0.366 e. The molecule has 0 radical (unpaired) electrons. The van der Waals surface area contributed by atoms with Gasteiger partial charge in [-0.3, -0.25) is 9.59 Å². The standard InChI is InChI=1S/C22H29N5O2/c1-3-16(4-2)22(29)27-14-12-18(13-15-27)23-20-11-10-19(25-26-20)21(28)24-17-8-6-5-7-9-17/h5-11,16,18H,3-4,12-15H2,1-2H3,(H,23,26)(H,24,28). The monoisotopic (exact) mass is 395 g/mol. The van der Waals surface area contributed by atoms with Crippen LogP contribution < -0.4 is 10.6 Å². The number of benzene rings is 1. The van der Waals surface area contributed by atoms with Gasteiger partial charge in [-0.05, 0) is 49.9 Å². The summed E-state index contributed by atoms with van der Waals surface area (Å²) in [5.41, 5.74) is 0.987. The van der Waals surface area contributed by atoms with Crippen molar-refractivity contribution in [2.45, 2.75) is 45.6 Å². The molecule has 1 fully saturated rings. The van der Waals surface area contributed by atoms with E-state index < -0.39 is 0 Å². The molecule has 3 rings (SSSR count). The third kappa shape index (κ3) is 5.53. The van der Waals surface area contributed by atoms with Crippen LogP contribution in [-0.2, 0) is 4.79 Å². The Morgan fingerprint density at radius 1 is 1.03 bits per heavy atom. The summed E-state index contributed by atoms with van der Waals surface area (Å²) in [4.78, 5) is 26.7. The second kappa shape index (κ2) is 10.0. The highest BCUT2D eigenvalue weighted by molar-refractivity contribution is 6.02. The zero-order chi connectivity index (χ0) is 20.6. The minimum atomic E-state index is -0.288. The average molecular weight is 396 g/mol. The molecule has 0 aliphatic carbocycles. The molecule has 0 saturated carbocycles. The molecule has 1 aliphatic heterocycles. The number of anilines is 2. The first kappa shape index (κ1) is 20.8. The van der Waals surface area contributed by atoms with Crippen molar-refractivity contribution in [3.05, 3.63) is 48.2 Å². The number of hydrogen-bond donors (Lipinski definition) is 2. The van der Waals surface area contributed by atoms with Gasteiger partial charge in [0.1, 0.15) is 5.82 Å². The van der Waals surface area contributed by atoms with E-state index in [-0.39, 0.29) is 29.5 Å². The summed E-state index contributed by atoms with van der Waals surface area (Å²) in [5, 5.41) is 14.3. The quantitative estimate of drug-likeness (QED) is 0.748. The number of nitrogens with zero attached hydrogens (tertiary/aromatic N) is 3. The highest BCUT2D eigenvalue weighted by atomic mass is 16.2. The molecule has 7 nitrogen and oxygen atoms in total. The molecule has 2 heterocycles. The fourth-order valence-electron chi connectivity index (χ4n) is 3.60. The average Bonchev–Trinajstić information content (AvgIpc) is 2.76. The minimum absolute atomic E-state index is 0.139. The lowest BCUT2D eigenvalue weighted by Gasteiger charge is -2.34. The number of carbonyl (C=O) groups is 2. The Morgan fingerprint density at radius 3 is 2.31 bits per heavy atom. The normalized spacial score (nSPS) is 14.7. The highest BCUT2D eigenvalue weighted by Crippen LogP contribution is 2.19. The van der Waals surface area contributed by atoms with Crippen LogP contribution in [0, 0.1) is 5.92 Å². The van der Waals surface area contributed by atoms with Crippen molar-refractivity contribution in [3.8, 4) is 0 Å². The van der Waals surface area contributed by atoms with Crippen molar-refractivity contribution in [1.82, 2.24) is 15.1 Å². The number of carbonyl (C=O) groups excluding carboxylic acids is 2. The van der Waals surface area contributed by atoms with Gasteiger partial charge >= 0.3 is 0 Å². The Labute approximate surface area is 171 Å². The number of amides is 2. The van der Waals surface area contributed by atoms with E-state index in [1.54, 1.807) is 12.1 Å². The topological polar surface area (TPSA) is 87.2 Å². The number of rotatable bonds is 7. The van der Waals surface area contributed by atoms with E-state index in [2.05, 4.69) is 34.7 Å². The number of piperidine rings is 1. The summed E-state index contributed by atoms with van der Waals surface area (Å²) in [6, 6.07) is 12.9. The van der Waals surface area contributed by atoms with Crippen molar-refractivity contribution in [2.75, 3.05) is 23.7 Å². The molecule has 1 aliphatic rings. The Kier molecular flexibility index (Phi) is 7.16. The molecular formula is C22H29N5O2. The maximum atomic E-state index is 12.5. The molecule has 0 atom stereocenters. The Hall–Kier alpha value is -2.96. The second-order valence-electron chi connectivity index (χ2n) is 7.38. The smallest absolute Gasteiger partial charge is 0.276 e. The summed E-state index contributed by atoms with van der Waals surface area (Å²) >= 11 is 0. The zero-order valence-corrected chi connectivity index (χ0v) is 17.1. The SMILES string of the molecule is CCC(CC)C(=O)N1CCC(Nc2ccc(C(=O)Nc3ccccc3)nn2)CC1. The molecule has 154 valence electrons. The molecule has 1 aromatic carbocycles. The molecule has 2 aromatic rings. The maximum absolute atomic E-state index is 12.5. The van der Waals surface area contributed by atoms with Crippen LogP contribution in [-0.4, -0.2) is 46.0 Å². The van der Waals surface area contributed by atoms with Crippen LogP contribution in [0.5, 0.6) is 0 Å². The van der Waals surface area contributed by atoms with E-state index in [1.807, 2.05) is 35.2 Å². The summed E-state index contributed by atoms with van der Waals surface area (Å²) in [6.07, 6.45) is 3.55. The fraction of sp³-hybridized carbons (Fsp3) is 0.455. The van der Waals surface area contributed by atoms with Crippen molar-refractivity contribution in [2.24, 2.45) is 5.92 Å². The van der Waals surface area contributed by atoms with Crippen LogP contribution in [0.3, 0.4) is 0 Å². The molecule has 2 amide bonds. The molecule has 0 spiro atoms. The number of likely N-dealkylation sites (tertiary alicyclic amines) is 1. The number of para-hydroxylation sites is 1. The number of hydrogen-bond acceptors (Lipinski definition) is 5. The number of nitrogens with one attached hydrogen (secondary N) is 2.